The topological polar surface area (TPSA) is 269 Å². The quantitative estimate of drug-likeness (QED) is 0.0305. The summed E-state index contributed by atoms with van der Waals surface area (Å²) >= 11 is 0. The van der Waals surface area contributed by atoms with Crippen molar-refractivity contribution in [2.75, 3.05) is 26.4 Å². The van der Waals surface area contributed by atoms with Crippen LogP contribution in [0.3, 0.4) is 0 Å². The number of phosphoric ester groups is 4. The molecular weight excluding hydrogens is 726 g/mol. The molecule has 0 fully saturated rings. The third-order valence-electron chi connectivity index (χ3n) is 8.04. The van der Waals surface area contributed by atoms with Crippen LogP contribution < -0.4 is 10.8 Å². The summed E-state index contributed by atoms with van der Waals surface area (Å²) in [6, 6.07) is -0.821. The van der Waals surface area contributed by atoms with E-state index in [1.54, 1.807) is 35.7 Å². The average molecular weight is 782 g/mol. The van der Waals surface area contributed by atoms with E-state index in [9.17, 15) is 42.3 Å². The third kappa shape index (κ3) is 21.7. The van der Waals surface area contributed by atoms with E-state index in [1.165, 1.54) is 12.5 Å². The van der Waals surface area contributed by atoms with Crippen molar-refractivity contribution in [2.24, 2.45) is 11.8 Å². The average Bonchev–Trinajstić information content (AvgIpc) is 2.97. The molecule has 0 radical (unpaired) electrons. The zero-order chi connectivity index (χ0) is 37.5. The molecule has 0 aliphatic carbocycles. The van der Waals surface area contributed by atoms with Crippen molar-refractivity contribution in [3.63, 3.8) is 0 Å². The van der Waals surface area contributed by atoms with Crippen LogP contribution in [-0.4, -0.2) is 87.1 Å². The first kappa shape index (κ1) is 48.4. The fourth-order valence-electron chi connectivity index (χ4n) is 4.99. The lowest BCUT2D eigenvalue weighted by atomic mass is 9.86. The van der Waals surface area contributed by atoms with Crippen molar-refractivity contribution in [3.05, 3.63) is 0 Å². The van der Waals surface area contributed by atoms with Gasteiger partial charge in [0, 0.05) is 18.4 Å². The van der Waals surface area contributed by atoms with Gasteiger partial charge in [-0.05, 0) is 70.8 Å². The SMILES string of the molecule is BNC(CC)CC(COP(=O)(O)O)CC(C)(CC)OP(=O)(O)OCCC(CC)(CC)OP(=O)(O)OCC(COP(=O)(O)O)CC(C)NF. The Morgan fingerprint density at radius 2 is 1.25 bits per heavy atom. The highest BCUT2D eigenvalue weighted by Crippen LogP contribution is 2.53. The van der Waals surface area contributed by atoms with E-state index in [-0.39, 0.29) is 51.2 Å². The van der Waals surface area contributed by atoms with Crippen LogP contribution in [0.15, 0.2) is 0 Å². The van der Waals surface area contributed by atoms with Crippen LogP contribution in [0.4, 0.5) is 4.48 Å². The van der Waals surface area contributed by atoms with Gasteiger partial charge in [-0.1, -0.05) is 27.7 Å². The first-order chi connectivity index (χ1) is 21.9. The minimum atomic E-state index is -4.88. The van der Waals surface area contributed by atoms with Gasteiger partial charge in [0.15, 0.2) is 7.98 Å². The minimum absolute atomic E-state index is 0.0222. The van der Waals surface area contributed by atoms with Gasteiger partial charge in [0.1, 0.15) is 0 Å². The highest BCUT2D eigenvalue weighted by Gasteiger charge is 2.41. The molecule has 0 aromatic heterocycles. The van der Waals surface area contributed by atoms with Crippen molar-refractivity contribution < 1.29 is 79.2 Å². The zero-order valence-corrected chi connectivity index (χ0v) is 32.3. The molecule has 0 aliphatic rings. The monoisotopic (exact) mass is 782 g/mol. The normalized spacial score (nSPS) is 19.5. The maximum absolute atomic E-state index is 13.1. The van der Waals surface area contributed by atoms with Crippen molar-refractivity contribution >= 4 is 39.3 Å². The molecule has 0 heterocycles. The standard InChI is InChI=1S/C24H56BFN2O16P4/c1-7-22(27-25)14-20(16-40-45(29,30)31)15-23(6,8-2)43-47(35,36)39-12-11-24(9-3,10-4)44-48(37,38)42-18-21(13-19(5)28-26)17-41-46(32,33)34/h19-22,27-28H,7-18,25H2,1-6H3,(H,35,36)(H,37,38)(H2,29,30,31)(H2,32,33,34). The minimum Gasteiger partial charge on any atom is -0.359 e. The van der Waals surface area contributed by atoms with Crippen LogP contribution in [0.5, 0.6) is 0 Å². The summed E-state index contributed by atoms with van der Waals surface area (Å²) in [6.45, 7) is 7.97. The lowest BCUT2D eigenvalue weighted by Gasteiger charge is -2.35. The Morgan fingerprint density at radius 3 is 1.69 bits per heavy atom. The van der Waals surface area contributed by atoms with E-state index >= 15 is 0 Å². The van der Waals surface area contributed by atoms with Gasteiger partial charge in [-0.25, -0.2) is 18.3 Å². The van der Waals surface area contributed by atoms with Gasteiger partial charge < -0.3 is 34.6 Å². The Kier molecular flexibility index (Phi) is 21.9. The molecule has 0 amide bonds. The molecule has 0 saturated heterocycles. The van der Waals surface area contributed by atoms with Crippen molar-refractivity contribution in [1.29, 1.82) is 0 Å². The molecule has 0 rings (SSSR count). The molecule has 0 saturated carbocycles. The number of hydrogen-bond acceptors (Lipinski definition) is 12. The molecule has 288 valence electrons. The predicted molar refractivity (Wildman–Crippen MR) is 177 cm³/mol. The molecule has 48 heavy (non-hydrogen) atoms. The van der Waals surface area contributed by atoms with Gasteiger partial charge in [0.2, 0.25) is 0 Å². The highest BCUT2D eigenvalue weighted by molar-refractivity contribution is 7.47. The van der Waals surface area contributed by atoms with Crippen molar-refractivity contribution in [3.8, 4) is 0 Å². The second-order valence-electron chi connectivity index (χ2n) is 12.1. The number of halogens is 1. The summed E-state index contributed by atoms with van der Waals surface area (Å²) in [5.41, 5.74) is -1.19. The van der Waals surface area contributed by atoms with Crippen LogP contribution >= 0.6 is 31.3 Å². The van der Waals surface area contributed by atoms with E-state index < -0.39 is 80.2 Å². The van der Waals surface area contributed by atoms with Gasteiger partial charge in [-0.15, -0.1) is 4.48 Å². The van der Waals surface area contributed by atoms with Crippen LogP contribution in [0.1, 0.15) is 92.9 Å². The van der Waals surface area contributed by atoms with Gasteiger partial charge >= 0.3 is 31.3 Å². The number of nitrogens with one attached hydrogen (secondary N) is 2. The van der Waals surface area contributed by atoms with E-state index in [1.807, 2.05) is 6.92 Å². The molecule has 0 aliphatic heterocycles. The first-order valence-corrected chi connectivity index (χ1v) is 21.8. The Labute approximate surface area is 283 Å². The molecule has 7 atom stereocenters. The van der Waals surface area contributed by atoms with Crippen LogP contribution in [0.25, 0.3) is 0 Å². The van der Waals surface area contributed by atoms with E-state index in [4.69, 9.17) is 32.4 Å². The van der Waals surface area contributed by atoms with Gasteiger partial charge in [0.05, 0.1) is 37.6 Å². The highest BCUT2D eigenvalue weighted by atomic mass is 31.2. The third-order valence-corrected chi connectivity index (χ3v) is 11.3. The van der Waals surface area contributed by atoms with Crippen molar-refractivity contribution in [2.45, 2.75) is 116 Å². The lowest BCUT2D eigenvalue weighted by Crippen LogP contribution is -2.36. The fraction of sp³-hybridized carbons (Fsp3) is 1.00. The number of phosphoric acid groups is 4. The smallest absolute Gasteiger partial charge is 0.359 e. The number of rotatable bonds is 29. The zero-order valence-electron chi connectivity index (χ0n) is 28.7. The van der Waals surface area contributed by atoms with Gasteiger partial charge in [-0.2, -0.15) is 5.54 Å². The van der Waals surface area contributed by atoms with Crippen LogP contribution in [-0.2, 0) is 45.4 Å². The molecular formula is C24H56BFN2O16P4. The molecule has 7 unspecified atom stereocenters. The summed E-state index contributed by atoms with van der Waals surface area (Å²) in [4.78, 5) is 57.5. The van der Waals surface area contributed by atoms with Gasteiger partial charge in [0.25, 0.3) is 0 Å². The molecule has 24 heteroatoms. The summed E-state index contributed by atoms with van der Waals surface area (Å²) in [5, 5.41) is 3.11. The summed E-state index contributed by atoms with van der Waals surface area (Å²) in [6.07, 6.45) is 1.51. The summed E-state index contributed by atoms with van der Waals surface area (Å²) < 4.78 is 91.8. The molecule has 0 spiro atoms. The molecule has 18 nitrogen and oxygen atoms in total. The Hall–Kier alpha value is 0.355. The van der Waals surface area contributed by atoms with E-state index in [0.717, 1.165) is 0 Å². The molecule has 8 N–H and O–H groups in total. The maximum atomic E-state index is 13.1. The Bertz CT molecular complexity index is 1110. The largest absolute Gasteiger partial charge is 0.472 e. The summed E-state index contributed by atoms with van der Waals surface area (Å²) in [7, 11) is -17.5. The van der Waals surface area contributed by atoms with Crippen LogP contribution in [0, 0.1) is 11.8 Å². The second kappa shape index (κ2) is 21.8. The molecule has 0 bridgehead atoms. The van der Waals surface area contributed by atoms with Crippen molar-refractivity contribution in [1.82, 2.24) is 10.8 Å². The van der Waals surface area contributed by atoms with Crippen LogP contribution in [0.2, 0.25) is 0 Å². The Morgan fingerprint density at radius 1 is 0.750 bits per heavy atom. The predicted octanol–water partition coefficient (Wildman–Crippen LogP) is 3.77. The maximum Gasteiger partial charge on any atom is 0.472 e. The second-order valence-corrected chi connectivity index (χ2v) is 17.3. The van der Waals surface area contributed by atoms with E-state index in [0.29, 0.717) is 12.8 Å². The fourth-order valence-corrected chi connectivity index (χ4v) is 8.23. The molecule has 0 aromatic rings. The first-order valence-electron chi connectivity index (χ1n) is 15.7. The molecule has 0 aromatic carbocycles. The summed E-state index contributed by atoms with van der Waals surface area (Å²) in [5.74, 6) is -1.39. The number of hydrogen-bond donors (Lipinski definition) is 8. The van der Waals surface area contributed by atoms with Gasteiger partial charge in [-0.3, -0.25) is 27.1 Å². The Balaban J connectivity index is 5.57. The lowest BCUT2D eigenvalue weighted by molar-refractivity contribution is -0.0187. The van der Waals surface area contributed by atoms with E-state index in [2.05, 4.69) is 9.75 Å².